The van der Waals surface area contributed by atoms with E-state index in [0.717, 1.165) is 10.4 Å². The quantitative estimate of drug-likeness (QED) is 0.674. The SMILES string of the molecule is Cc1cc([N+](=O)[O-])ccc1OCc1cc(C(=O)O)sc1C. The van der Waals surface area contributed by atoms with E-state index in [1.165, 1.54) is 23.5 Å². The Bertz CT molecular complexity index is 707. The van der Waals surface area contributed by atoms with Crippen molar-refractivity contribution in [3.8, 4) is 5.75 Å². The monoisotopic (exact) mass is 307 g/mol. The number of thiophene rings is 1. The Kier molecular flexibility index (Phi) is 4.23. The Morgan fingerprint density at radius 2 is 2.10 bits per heavy atom. The highest BCUT2D eigenvalue weighted by Gasteiger charge is 2.13. The number of rotatable bonds is 5. The van der Waals surface area contributed by atoms with Crippen LogP contribution in [0.3, 0.4) is 0 Å². The third kappa shape index (κ3) is 3.38. The van der Waals surface area contributed by atoms with Crippen LogP contribution >= 0.6 is 11.3 Å². The number of hydrogen-bond acceptors (Lipinski definition) is 5. The number of ether oxygens (including phenoxy) is 1. The van der Waals surface area contributed by atoms with E-state index >= 15 is 0 Å². The molecule has 0 aliphatic rings. The van der Waals surface area contributed by atoms with Gasteiger partial charge in [-0.05, 0) is 31.5 Å². The average Bonchev–Trinajstić information content (AvgIpc) is 2.79. The van der Waals surface area contributed by atoms with Gasteiger partial charge in [0, 0.05) is 22.6 Å². The van der Waals surface area contributed by atoms with Crippen LogP contribution in [0.5, 0.6) is 5.75 Å². The minimum absolute atomic E-state index is 0.0136. The average molecular weight is 307 g/mol. The third-order valence-electron chi connectivity index (χ3n) is 2.98. The first kappa shape index (κ1) is 15.0. The van der Waals surface area contributed by atoms with Crippen molar-refractivity contribution in [3.63, 3.8) is 0 Å². The molecule has 0 saturated carbocycles. The Morgan fingerprint density at radius 3 is 2.62 bits per heavy atom. The molecule has 0 saturated heterocycles. The van der Waals surface area contributed by atoms with Crippen molar-refractivity contribution < 1.29 is 19.6 Å². The lowest BCUT2D eigenvalue weighted by Crippen LogP contribution is -1.98. The fourth-order valence-electron chi connectivity index (χ4n) is 1.83. The molecule has 0 unspecified atom stereocenters. The highest BCUT2D eigenvalue weighted by molar-refractivity contribution is 7.14. The maximum Gasteiger partial charge on any atom is 0.345 e. The summed E-state index contributed by atoms with van der Waals surface area (Å²) in [6.45, 7) is 3.79. The van der Waals surface area contributed by atoms with Crippen molar-refractivity contribution >= 4 is 23.0 Å². The molecule has 0 aliphatic carbocycles. The van der Waals surface area contributed by atoms with Crippen LogP contribution < -0.4 is 4.74 Å². The molecule has 0 spiro atoms. The van der Waals surface area contributed by atoms with Gasteiger partial charge in [0.1, 0.15) is 17.2 Å². The smallest absolute Gasteiger partial charge is 0.345 e. The molecule has 0 amide bonds. The number of aromatic carboxylic acids is 1. The molecule has 1 aromatic heterocycles. The van der Waals surface area contributed by atoms with Crippen LogP contribution in [0.25, 0.3) is 0 Å². The molecule has 0 bridgehead atoms. The lowest BCUT2D eigenvalue weighted by Gasteiger charge is -2.08. The second kappa shape index (κ2) is 5.92. The van der Waals surface area contributed by atoms with E-state index in [-0.39, 0.29) is 17.2 Å². The Hall–Kier alpha value is -2.41. The highest BCUT2D eigenvalue weighted by Crippen LogP contribution is 2.26. The predicted molar refractivity (Wildman–Crippen MR) is 78.2 cm³/mol. The summed E-state index contributed by atoms with van der Waals surface area (Å²) < 4.78 is 5.62. The number of carboxylic acid groups (broad SMARTS) is 1. The first-order chi connectivity index (χ1) is 9.88. The van der Waals surface area contributed by atoms with Crippen LogP contribution in [0.4, 0.5) is 5.69 Å². The van der Waals surface area contributed by atoms with Gasteiger partial charge in [-0.15, -0.1) is 11.3 Å². The molecular weight excluding hydrogens is 294 g/mol. The number of hydrogen-bond donors (Lipinski definition) is 1. The van der Waals surface area contributed by atoms with Crippen LogP contribution in [0, 0.1) is 24.0 Å². The highest BCUT2D eigenvalue weighted by atomic mass is 32.1. The van der Waals surface area contributed by atoms with Gasteiger partial charge in [0.25, 0.3) is 5.69 Å². The summed E-state index contributed by atoms with van der Waals surface area (Å²) in [5, 5.41) is 19.6. The van der Waals surface area contributed by atoms with E-state index in [2.05, 4.69) is 0 Å². The van der Waals surface area contributed by atoms with Gasteiger partial charge in [-0.2, -0.15) is 0 Å². The minimum atomic E-state index is -0.958. The first-order valence-corrected chi connectivity index (χ1v) is 6.90. The fourth-order valence-corrected chi connectivity index (χ4v) is 2.70. The normalized spacial score (nSPS) is 10.4. The molecule has 0 aliphatic heterocycles. The summed E-state index contributed by atoms with van der Waals surface area (Å²) in [7, 11) is 0. The Labute approximate surface area is 124 Å². The van der Waals surface area contributed by atoms with Crippen molar-refractivity contribution in [1.82, 2.24) is 0 Å². The molecule has 1 aromatic carbocycles. The van der Waals surface area contributed by atoms with E-state index < -0.39 is 10.9 Å². The molecule has 2 aromatic rings. The number of non-ortho nitro benzene ring substituents is 1. The van der Waals surface area contributed by atoms with Crippen LogP contribution in [0.15, 0.2) is 24.3 Å². The minimum Gasteiger partial charge on any atom is -0.489 e. The van der Waals surface area contributed by atoms with Gasteiger partial charge in [0.2, 0.25) is 0 Å². The zero-order valence-corrected chi connectivity index (χ0v) is 12.3. The van der Waals surface area contributed by atoms with E-state index in [0.29, 0.717) is 11.3 Å². The number of carboxylic acids is 1. The molecule has 0 atom stereocenters. The first-order valence-electron chi connectivity index (χ1n) is 6.09. The zero-order valence-electron chi connectivity index (χ0n) is 11.5. The van der Waals surface area contributed by atoms with Gasteiger partial charge in [-0.25, -0.2) is 4.79 Å². The number of carbonyl (C=O) groups is 1. The number of aryl methyl sites for hydroxylation is 2. The summed E-state index contributed by atoms with van der Waals surface area (Å²) in [6, 6.07) is 5.96. The topological polar surface area (TPSA) is 89.7 Å². The molecule has 1 heterocycles. The van der Waals surface area contributed by atoms with E-state index in [1.54, 1.807) is 19.1 Å². The van der Waals surface area contributed by atoms with Crippen molar-refractivity contribution in [2.75, 3.05) is 0 Å². The zero-order chi connectivity index (χ0) is 15.6. The predicted octanol–water partition coefficient (Wildman–Crippen LogP) is 3.55. The summed E-state index contributed by atoms with van der Waals surface area (Å²) in [6.07, 6.45) is 0. The summed E-state index contributed by atoms with van der Waals surface area (Å²) >= 11 is 1.20. The van der Waals surface area contributed by atoms with Crippen LogP contribution in [-0.4, -0.2) is 16.0 Å². The van der Waals surface area contributed by atoms with Crippen LogP contribution in [-0.2, 0) is 6.61 Å². The van der Waals surface area contributed by atoms with Crippen LogP contribution in [0.2, 0.25) is 0 Å². The number of nitrogens with zero attached hydrogens (tertiary/aromatic N) is 1. The maximum absolute atomic E-state index is 10.9. The molecule has 110 valence electrons. The molecule has 1 N–H and O–H groups in total. The molecule has 0 fully saturated rings. The lowest BCUT2D eigenvalue weighted by molar-refractivity contribution is -0.384. The van der Waals surface area contributed by atoms with Gasteiger partial charge in [-0.3, -0.25) is 10.1 Å². The molecule has 0 radical (unpaired) electrons. The second-order valence-electron chi connectivity index (χ2n) is 4.49. The van der Waals surface area contributed by atoms with Gasteiger partial charge >= 0.3 is 5.97 Å². The molecule has 2 rings (SSSR count). The summed E-state index contributed by atoms with van der Waals surface area (Å²) in [4.78, 5) is 22.3. The number of nitro groups is 1. The summed E-state index contributed by atoms with van der Waals surface area (Å²) in [5.41, 5.74) is 1.48. The van der Waals surface area contributed by atoms with E-state index in [9.17, 15) is 14.9 Å². The van der Waals surface area contributed by atoms with Gasteiger partial charge < -0.3 is 9.84 Å². The molecule has 7 heteroatoms. The maximum atomic E-state index is 10.9. The van der Waals surface area contributed by atoms with Gasteiger partial charge in [0.05, 0.1) is 4.92 Å². The van der Waals surface area contributed by atoms with Crippen LogP contribution in [0.1, 0.15) is 25.7 Å². The number of benzene rings is 1. The fraction of sp³-hybridized carbons (Fsp3) is 0.214. The van der Waals surface area contributed by atoms with Gasteiger partial charge in [0.15, 0.2) is 0 Å². The molecular formula is C14H13NO5S. The van der Waals surface area contributed by atoms with E-state index in [1.807, 2.05) is 6.92 Å². The summed E-state index contributed by atoms with van der Waals surface area (Å²) in [5.74, 6) is -0.413. The molecule has 21 heavy (non-hydrogen) atoms. The van der Waals surface area contributed by atoms with Crippen molar-refractivity contribution in [3.05, 3.63) is 55.3 Å². The van der Waals surface area contributed by atoms with Gasteiger partial charge in [-0.1, -0.05) is 0 Å². The Balaban J connectivity index is 2.13. The van der Waals surface area contributed by atoms with E-state index in [4.69, 9.17) is 9.84 Å². The second-order valence-corrected chi connectivity index (χ2v) is 5.75. The van der Waals surface area contributed by atoms with Crippen molar-refractivity contribution in [2.24, 2.45) is 0 Å². The lowest BCUT2D eigenvalue weighted by atomic mass is 10.2. The largest absolute Gasteiger partial charge is 0.489 e. The molecule has 6 nitrogen and oxygen atoms in total. The standard InChI is InChI=1S/C14H13NO5S/c1-8-5-11(15(18)19)3-4-12(8)20-7-10-6-13(14(16)17)21-9(10)2/h3-6H,7H2,1-2H3,(H,16,17). The van der Waals surface area contributed by atoms with Crippen molar-refractivity contribution in [2.45, 2.75) is 20.5 Å². The number of nitro benzene ring substituents is 1. The third-order valence-corrected chi connectivity index (χ3v) is 4.06. The van der Waals surface area contributed by atoms with Crippen molar-refractivity contribution in [1.29, 1.82) is 0 Å². The Morgan fingerprint density at radius 1 is 1.38 bits per heavy atom.